The van der Waals surface area contributed by atoms with Crippen molar-refractivity contribution in [3.8, 4) is 0 Å². The number of oxazole rings is 1. The van der Waals surface area contributed by atoms with E-state index >= 15 is 0 Å². The molecule has 23 heavy (non-hydrogen) atoms. The molecule has 0 aliphatic carbocycles. The lowest BCUT2D eigenvalue weighted by molar-refractivity contribution is -0.149. The first-order chi connectivity index (χ1) is 10.9. The minimum atomic E-state index is -0.822. The summed E-state index contributed by atoms with van der Waals surface area (Å²) in [5.74, 6) is -0.494. The third-order valence-corrected chi connectivity index (χ3v) is 3.95. The average molecular weight is 325 g/mol. The fourth-order valence-electron chi connectivity index (χ4n) is 2.49. The van der Waals surface area contributed by atoms with Crippen LogP contribution in [0, 0.1) is 5.92 Å². The monoisotopic (exact) mass is 325 g/mol. The van der Waals surface area contributed by atoms with Crippen LogP contribution in [0.3, 0.4) is 0 Å². The minimum Gasteiger partial charge on any atom is -0.466 e. The number of nitrogens with two attached hydrogens (primary N) is 1. The van der Waals surface area contributed by atoms with Crippen molar-refractivity contribution in [2.75, 3.05) is 19.7 Å². The van der Waals surface area contributed by atoms with Crippen LogP contribution in [-0.4, -0.2) is 52.7 Å². The van der Waals surface area contributed by atoms with Gasteiger partial charge in [0.05, 0.1) is 18.6 Å². The zero-order valence-corrected chi connectivity index (χ0v) is 13.4. The van der Waals surface area contributed by atoms with Crippen LogP contribution in [0.5, 0.6) is 0 Å². The number of likely N-dealkylation sites (tertiary alicyclic amines) is 1. The molecule has 0 radical (unpaired) electrons. The Morgan fingerprint density at radius 3 is 2.74 bits per heavy atom. The molecule has 2 unspecified atom stereocenters. The summed E-state index contributed by atoms with van der Waals surface area (Å²) in [4.78, 5) is 29.8. The van der Waals surface area contributed by atoms with E-state index < -0.39 is 12.1 Å². The topological polar surface area (TPSA) is 119 Å². The fraction of sp³-hybridized carbons (Fsp3) is 0.667. The number of carbonyl (C=O) groups is 2. The molecule has 1 amide bonds. The number of piperidine rings is 1. The Kier molecular flexibility index (Phi) is 5.73. The van der Waals surface area contributed by atoms with Crippen molar-refractivity contribution >= 4 is 11.9 Å². The Labute approximate surface area is 134 Å². The molecule has 1 saturated heterocycles. The summed E-state index contributed by atoms with van der Waals surface area (Å²) in [6.07, 6.45) is 1.57. The summed E-state index contributed by atoms with van der Waals surface area (Å²) >= 11 is 0. The van der Waals surface area contributed by atoms with Crippen molar-refractivity contribution in [3.05, 3.63) is 17.8 Å². The zero-order chi connectivity index (χ0) is 17.0. The molecule has 8 nitrogen and oxygen atoms in total. The molecular formula is C15H23N3O5. The number of aromatic nitrogens is 1. The quantitative estimate of drug-likeness (QED) is 0.755. The van der Waals surface area contributed by atoms with E-state index in [0.29, 0.717) is 32.5 Å². The van der Waals surface area contributed by atoms with Gasteiger partial charge in [-0.15, -0.1) is 0 Å². The van der Waals surface area contributed by atoms with E-state index in [4.69, 9.17) is 14.9 Å². The first-order valence-corrected chi connectivity index (χ1v) is 7.79. The maximum Gasteiger partial charge on any atom is 0.309 e. The second kappa shape index (κ2) is 7.56. The van der Waals surface area contributed by atoms with Gasteiger partial charge in [0.15, 0.2) is 5.69 Å². The lowest BCUT2D eigenvalue weighted by atomic mass is 9.97. The fourth-order valence-corrected chi connectivity index (χ4v) is 2.49. The van der Waals surface area contributed by atoms with Gasteiger partial charge in [0.25, 0.3) is 5.91 Å². The number of rotatable bonds is 5. The van der Waals surface area contributed by atoms with Crippen molar-refractivity contribution < 1.29 is 23.8 Å². The van der Waals surface area contributed by atoms with Gasteiger partial charge in [-0.25, -0.2) is 4.98 Å². The van der Waals surface area contributed by atoms with Gasteiger partial charge in [0, 0.05) is 13.1 Å². The van der Waals surface area contributed by atoms with E-state index in [9.17, 15) is 14.7 Å². The van der Waals surface area contributed by atoms with E-state index in [1.54, 1.807) is 11.8 Å². The van der Waals surface area contributed by atoms with Crippen LogP contribution in [0.1, 0.15) is 49.1 Å². The van der Waals surface area contributed by atoms with Crippen LogP contribution in [0.25, 0.3) is 0 Å². The Bertz CT molecular complexity index is 549. The molecule has 8 heteroatoms. The summed E-state index contributed by atoms with van der Waals surface area (Å²) in [7, 11) is 0. The predicted octanol–water partition coefficient (Wildman–Crippen LogP) is 0.471. The molecule has 1 aromatic heterocycles. The molecule has 0 bridgehead atoms. The van der Waals surface area contributed by atoms with Crippen LogP contribution < -0.4 is 5.73 Å². The second-order valence-electron chi connectivity index (χ2n) is 5.66. The van der Waals surface area contributed by atoms with Gasteiger partial charge in [-0.1, -0.05) is 0 Å². The highest BCUT2D eigenvalue weighted by Gasteiger charge is 2.30. The Morgan fingerprint density at radius 2 is 2.17 bits per heavy atom. The van der Waals surface area contributed by atoms with Gasteiger partial charge in [0.1, 0.15) is 12.3 Å². The molecule has 1 aliphatic heterocycles. The highest BCUT2D eigenvalue weighted by Crippen LogP contribution is 2.21. The molecule has 0 spiro atoms. The molecule has 128 valence electrons. The lowest BCUT2D eigenvalue weighted by Gasteiger charge is -2.30. The highest BCUT2D eigenvalue weighted by atomic mass is 16.5. The summed E-state index contributed by atoms with van der Waals surface area (Å²) in [6, 6.07) is -0.772. The maximum atomic E-state index is 12.4. The van der Waals surface area contributed by atoms with Gasteiger partial charge < -0.3 is 24.9 Å². The number of aliphatic hydroxyl groups excluding tert-OH is 1. The number of hydrogen-bond donors (Lipinski definition) is 2. The molecule has 1 aliphatic rings. The van der Waals surface area contributed by atoms with Crippen molar-refractivity contribution in [2.45, 2.75) is 38.8 Å². The Balaban J connectivity index is 1.94. The summed E-state index contributed by atoms with van der Waals surface area (Å²) in [6.45, 7) is 4.59. The maximum absolute atomic E-state index is 12.4. The predicted molar refractivity (Wildman–Crippen MR) is 80.4 cm³/mol. The number of ether oxygens (including phenoxy) is 1. The van der Waals surface area contributed by atoms with Crippen LogP contribution in [-0.2, 0) is 9.53 Å². The van der Waals surface area contributed by atoms with Gasteiger partial charge in [-0.05, 0) is 26.7 Å². The molecule has 0 aromatic carbocycles. The summed E-state index contributed by atoms with van der Waals surface area (Å²) < 4.78 is 10.2. The standard InChI is InChI=1S/C15H23N3O5/c1-3-22-15(21)10-4-6-18(7-5-10)14(20)11-8-23-13(17-11)12(16)9(2)19/h8-10,12,19H,3-7,16H2,1-2H3. The Morgan fingerprint density at radius 1 is 1.52 bits per heavy atom. The van der Waals surface area contributed by atoms with Crippen molar-refractivity contribution in [1.82, 2.24) is 9.88 Å². The third-order valence-electron chi connectivity index (χ3n) is 3.95. The second-order valence-corrected chi connectivity index (χ2v) is 5.66. The number of hydrogen-bond acceptors (Lipinski definition) is 7. The van der Waals surface area contributed by atoms with Crippen molar-refractivity contribution in [2.24, 2.45) is 11.7 Å². The van der Waals surface area contributed by atoms with Gasteiger partial charge in [0.2, 0.25) is 5.89 Å². The number of aliphatic hydroxyl groups is 1. The first kappa shape index (κ1) is 17.4. The Hall–Kier alpha value is -1.93. The van der Waals surface area contributed by atoms with E-state index in [0.717, 1.165) is 0 Å². The minimum absolute atomic E-state index is 0.129. The van der Waals surface area contributed by atoms with Crippen LogP contribution >= 0.6 is 0 Å². The SMILES string of the molecule is CCOC(=O)C1CCN(C(=O)c2coc(C(N)C(C)O)n2)CC1. The summed E-state index contributed by atoms with van der Waals surface area (Å²) in [5, 5.41) is 9.43. The molecule has 2 atom stereocenters. The molecule has 1 fully saturated rings. The average Bonchev–Trinajstić information content (AvgIpc) is 3.03. The van der Waals surface area contributed by atoms with Crippen LogP contribution in [0.2, 0.25) is 0 Å². The van der Waals surface area contributed by atoms with E-state index in [1.165, 1.54) is 13.2 Å². The normalized spacial score (nSPS) is 18.5. The molecule has 1 aromatic rings. The number of esters is 1. The molecule has 3 N–H and O–H groups in total. The first-order valence-electron chi connectivity index (χ1n) is 7.79. The largest absolute Gasteiger partial charge is 0.466 e. The number of amides is 1. The number of nitrogens with zero attached hydrogens (tertiary/aromatic N) is 2. The summed E-state index contributed by atoms with van der Waals surface area (Å²) in [5.41, 5.74) is 5.89. The molecular weight excluding hydrogens is 302 g/mol. The van der Waals surface area contributed by atoms with Gasteiger partial charge in [-0.2, -0.15) is 0 Å². The van der Waals surface area contributed by atoms with E-state index in [1.807, 2.05) is 0 Å². The molecule has 2 heterocycles. The van der Waals surface area contributed by atoms with Crippen molar-refractivity contribution in [3.63, 3.8) is 0 Å². The third kappa shape index (κ3) is 4.08. The van der Waals surface area contributed by atoms with E-state index in [2.05, 4.69) is 4.98 Å². The van der Waals surface area contributed by atoms with Crippen LogP contribution in [0.15, 0.2) is 10.7 Å². The number of carbonyl (C=O) groups excluding carboxylic acids is 2. The van der Waals surface area contributed by atoms with E-state index in [-0.39, 0.29) is 29.4 Å². The smallest absolute Gasteiger partial charge is 0.309 e. The van der Waals surface area contributed by atoms with Crippen molar-refractivity contribution in [1.29, 1.82) is 0 Å². The zero-order valence-electron chi connectivity index (χ0n) is 13.4. The molecule has 2 rings (SSSR count). The van der Waals surface area contributed by atoms with Gasteiger partial charge >= 0.3 is 5.97 Å². The molecule has 0 saturated carbocycles. The van der Waals surface area contributed by atoms with Crippen LogP contribution in [0.4, 0.5) is 0 Å². The highest BCUT2D eigenvalue weighted by molar-refractivity contribution is 5.92. The lowest BCUT2D eigenvalue weighted by Crippen LogP contribution is -2.40. The van der Waals surface area contributed by atoms with Gasteiger partial charge in [-0.3, -0.25) is 9.59 Å².